The highest BCUT2D eigenvalue weighted by Crippen LogP contribution is 2.21. The van der Waals surface area contributed by atoms with Crippen LogP contribution in [0.3, 0.4) is 0 Å². The van der Waals surface area contributed by atoms with E-state index in [-0.39, 0.29) is 29.7 Å². The molecular weight excluding hydrogens is 378 g/mol. The van der Waals surface area contributed by atoms with Crippen LogP contribution < -0.4 is 16.0 Å². The van der Waals surface area contributed by atoms with E-state index in [9.17, 15) is 14.4 Å². The molecule has 1 aliphatic rings. The minimum atomic E-state index is -0.339. The first-order valence-electron chi connectivity index (χ1n) is 10.6. The van der Waals surface area contributed by atoms with E-state index in [0.29, 0.717) is 22.5 Å². The van der Waals surface area contributed by atoms with E-state index in [0.717, 1.165) is 25.7 Å². The van der Waals surface area contributed by atoms with Gasteiger partial charge in [0, 0.05) is 23.2 Å². The van der Waals surface area contributed by atoms with Crippen LogP contribution in [0.15, 0.2) is 48.5 Å². The molecule has 2 aromatic rings. The lowest BCUT2D eigenvalue weighted by Gasteiger charge is -2.23. The number of rotatable bonds is 6. The van der Waals surface area contributed by atoms with Crippen LogP contribution >= 0.6 is 0 Å². The van der Waals surface area contributed by atoms with Crippen LogP contribution in [0.5, 0.6) is 0 Å². The Kier molecular flexibility index (Phi) is 7.22. The Hall–Kier alpha value is -3.15. The number of nitrogens with one attached hydrogen (secondary N) is 3. The van der Waals surface area contributed by atoms with E-state index < -0.39 is 0 Å². The summed E-state index contributed by atoms with van der Waals surface area (Å²) < 4.78 is 0. The summed E-state index contributed by atoms with van der Waals surface area (Å²) in [6, 6.07) is 13.9. The van der Waals surface area contributed by atoms with E-state index in [4.69, 9.17) is 0 Å². The van der Waals surface area contributed by atoms with Gasteiger partial charge >= 0.3 is 0 Å². The number of hydrogen-bond acceptors (Lipinski definition) is 3. The van der Waals surface area contributed by atoms with E-state index in [1.807, 2.05) is 0 Å². The molecule has 0 aromatic heterocycles. The van der Waals surface area contributed by atoms with Gasteiger partial charge < -0.3 is 16.0 Å². The Bertz CT molecular complexity index is 917. The Morgan fingerprint density at radius 3 is 2.33 bits per heavy atom. The van der Waals surface area contributed by atoms with Crippen molar-refractivity contribution >= 4 is 29.1 Å². The van der Waals surface area contributed by atoms with Crippen LogP contribution in [-0.4, -0.2) is 23.8 Å². The minimum absolute atomic E-state index is 0.114. The second-order valence-electron chi connectivity index (χ2n) is 8.03. The Labute approximate surface area is 177 Å². The number of carbonyl (C=O) groups is 3. The van der Waals surface area contributed by atoms with E-state index in [1.54, 1.807) is 62.4 Å². The third-order valence-electron chi connectivity index (χ3n) is 5.28. The molecule has 0 saturated heterocycles. The second-order valence-corrected chi connectivity index (χ2v) is 8.03. The molecule has 3 N–H and O–H groups in total. The van der Waals surface area contributed by atoms with Crippen LogP contribution in [0.1, 0.15) is 66.7 Å². The average Bonchev–Trinajstić information content (AvgIpc) is 2.75. The fourth-order valence-electron chi connectivity index (χ4n) is 3.52. The maximum atomic E-state index is 12.8. The van der Waals surface area contributed by atoms with Crippen LogP contribution in [0.25, 0.3) is 0 Å². The Balaban J connectivity index is 1.71. The molecule has 0 spiro atoms. The van der Waals surface area contributed by atoms with Crippen LogP contribution in [0.4, 0.5) is 11.4 Å². The van der Waals surface area contributed by atoms with E-state index in [1.165, 1.54) is 6.42 Å². The van der Waals surface area contributed by atoms with Gasteiger partial charge in [-0.05, 0) is 43.2 Å². The molecule has 0 aliphatic heterocycles. The lowest BCUT2D eigenvalue weighted by molar-refractivity contribution is -0.118. The zero-order valence-electron chi connectivity index (χ0n) is 17.5. The molecule has 3 rings (SSSR count). The molecular formula is C24H29N3O3. The number of amides is 3. The normalized spacial score (nSPS) is 14.2. The molecule has 1 aliphatic carbocycles. The van der Waals surface area contributed by atoms with Gasteiger partial charge in [-0.1, -0.05) is 51.3 Å². The first-order valence-corrected chi connectivity index (χ1v) is 10.6. The number of carbonyl (C=O) groups excluding carboxylic acids is 3. The van der Waals surface area contributed by atoms with Gasteiger partial charge in [0.05, 0.1) is 11.3 Å². The van der Waals surface area contributed by atoms with Gasteiger partial charge in [0.25, 0.3) is 11.8 Å². The van der Waals surface area contributed by atoms with Crippen molar-refractivity contribution in [3.05, 3.63) is 59.7 Å². The van der Waals surface area contributed by atoms with E-state index >= 15 is 0 Å². The third-order valence-corrected chi connectivity index (χ3v) is 5.28. The smallest absolute Gasteiger partial charge is 0.255 e. The molecule has 30 heavy (non-hydrogen) atoms. The fourth-order valence-corrected chi connectivity index (χ4v) is 3.52. The first kappa shape index (κ1) is 21.6. The minimum Gasteiger partial charge on any atom is -0.349 e. The van der Waals surface area contributed by atoms with Crippen LogP contribution in [0.2, 0.25) is 0 Å². The monoisotopic (exact) mass is 407 g/mol. The predicted molar refractivity (Wildman–Crippen MR) is 119 cm³/mol. The van der Waals surface area contributed by atoms with Gasteiger partial charge in [0.1, 0.15) is 0 Å². The zero-order chi connectivity index (χ0) is 21.5. The number of anilines is 2. The van der Waals surface area contributed by atoms with Gasteiger partial charge in [0.2, 0.25) is 5.91 Å². The number of para-hydroxylation sites is 1. The van der Waals surface area contributed by atoms with Gasteiger partial charge in [-0.3, -0.25) is 14.4 Å². The standard InChI is InChI=1S/C24H29N3O3/c1-16(2)22(28)26-19-12-8-9-17(15-19)23(29)27-21-14-7-6-13-20(21)24(30)25-18-10-4-3-5-11-18/h6-9,12-16,18H,3-5,10-11H2,1-2H3,(H,25,30)(H,26,28)(H,27,29). The van der Waals surface area contributed by atoms with Crippen molar-refractivity contribution in [2.24, 2.45) is 5.92 Å². The predicted octanol–water partition coefficient (Wildman–Crippen LogP) is 4.60. The molecule has 6 heteroatoms. The van der Waals surface area contributed by atoms with Gasteiger partial charge in [-0.25, -0.2) is 0 Å². The quantitative estimate of drug-likeness (QED) is 0.654. The van der Waals surface area contributed by atoms with Crippen molar-refractivity contribution in [3.8, 4) is 0 Å². The van der Waals surface area contributed by atoms with Gasteiger partial charge in [-0.2, -0.15) is 0 Å². The molecule has 0 radical (unpaired) electrons. The van der Waals surface area contributed by atoms with Gasteiger partial charge in [0.15, 0.2) is 0 Å². The summed E-state index contributed by atoms with van der Waals surface area (Å²) in [6.45, 7) is 3.61. The van der Waals surface area contributed by atoms with Crippen molar-refractivity contribution < 1.29 is 14.4 Å². The number of benzene rings is 2. The van der Waals surface area contributed by atoms with Crippen molar-refractivity contribution in [1.29, 1.82) is 0 Å². The molecule has 0 bridgehead atoms. The van der Waals surface area contributed by atoms with Crippen molar-refractivity contribution in [2.75, 3.05) is 10.6 Å². The van der Waals surface area contributed by atoms with E-state index in [2.05, 4.69) is 16.0 Å². The topological polar surface area (TPSA) is 87.3 Å². The highest BCUT2D eigenvalue weighted by molar-refractivity contribution is 6.09. The highest BCUT2D eigenvalue weighted by atomic mass is 16.2. The Morgan fingerprint density at radius 2 is 1.60 bits per heavy atom. The van der Waals surface area contributed by atoms with Gasteiger partial charge in [-0.15, -0.1) is 0 Å². The molecule has 1 fully saturated rings. The highest BCUT2D eigenvalue weighted by Gasteiger charge is 2.19. The summed E-state index contributed by atoms with van der Waals surface area (Å²) in [7, 11) is 0. The molecule has 158 valence electrons. The number of hydrogen-bond donors (Lipinski definition) is 3. The summed E-state index contributed by atoms with van der Waals surface area (Å²) in [5.41, 5.74) is 1.87. The van der Waals surface area contributed by atoms with Crippen molar-refractivity contribution in [1.82, 2.24) is 5.32 Å². The largest absolute Gasteiger partial charge is 0.349 e. The SMILES string of the molecule is CC(C)C(=O)Nc1cccc(C(=O)Nc2ccccc2C(=O)NC2CCCCC2)c1. The molecule has 0 atom stereocenters. The molecule has 6 nitrogen and oxygen atoms in total. The van der Waals surface area contributed by atoms with Crippen LogP contribution in [0, 0.1) is 5.92 Å². The van der Waals surface area contributed by atoms with Crippen LogP contribution in [-0.2, 0) is 4.79 Å². The maximum absolute atomic E-state index is 12.8. The zero-order valence-corrected chi connectivity index (χ0v) is 17.5. The average molecular weight is 408 g/mol. The molecule has 0 heterocycles. The maximum Gasteiger partial charge on any atom is 0.255 e. The second kappa shape index (κ2) is 10.1. The lowest BCUT2D eigenvalue weighted by Crippen LogP contribution is -2.36. The van der Waals surface area contributed by atoms with Crippen molar-refractivity contribution in [3.63, 3.8) is 0 Å². The Morgan fingerprint density at radius 1 is 0.867 bits per heavy atom. The molecule has 1 saturated carbocycles. The molecule has 3 amide bonds. The molecule has 2 aromatic carbocycles. The first-order chi connectivity index (χ1) is 14.4. The summed E-state index contributed by atoms with van der Waals surface area (Å²) in [6.07, 6.45) is 5.47. The lowest BCUT2D eigenvalue weighted by atomic mass is 9.95. The van der Waals surface area contributed by atoms with Crippen molar-refractivity contribution in [2.45, 2.75) is 52.0 Å². The molecule has 0 unspecified atom stereocenters. The third kappa shape index (κ3) is 5.69. The summed E-state index contributed by atoms with van der Waals surface area (Å²) in [5, 5.41) is 8.72. The fraction of sp³-hybridized carbons (Fsp3) is 0.375. The summed E-state index contributed by atoms with van der Waals surface area (Å²) >= 11 is 0. The summed E-state index contributed by atoms with van der Waals surface area (Å²) in [4.78, 5) is 37.5. The summed E-state index contributed by atoms with van der Waals surface area (Å²) in [5.74, 6) is -0.779.